The summed E-state index contributed by atoms with van der Waals surface area (Å²) in [6.45, 7) is 0. The number of thiazole rings is 1. The van der Waals surface area contributed by atoms with E-state index >= 15 is 0 Å². The van der Waals surface area contributed by atoms with Crippen LogP contribution in [0, 0.1) is 0 Å². The second kappa shape index (κ2) is 5.07. The van der Waals surface area contributed by atoms with Crippen LogP contribution < -0.4 is 5.73 Å². The quantitative estimate of drug-likeness (QED) is 0.741. The lowest BCUT2D eigenvalue weighted by atomic mass is 10.1. The molecule has 0 aliphatic carbocycles. The number of nitrogens with one attached hydrogen (secondary N) is 1. The lowest BCUT2D eigenvalue weighted by Gasteiger charge is -2.13. The van der Waals surface area contributed by atoms with Gasteiger partial charge in [0.25, 0.3) is 0 Å². The molecule has 4 nitrogen and oxygen atoms in total. The summed E-state index contributed by atoms with van der Waals surface area (Å²) in [7, 11) is 3.41. The summed E-state index contributed by atoms with van der Waals surface area (Å²) < 4.78 is 0. The molecule has 0 aliphatic rings. The molecule has 1 aromatic heterocycles. The number of aromatic nitrogens is 1. The Balaban J connectivity index is 2.36. The standard InChI is InChI=1S/C9H14N3OS/c1-12(2)9(13)6-7(10)5-8-11-3-4-14-8/h3-4,7,10H,5-6H2,1-2H3/t7-/m0/s1. The van der Waals surface area contributed by atoms with Gasteiger partial charge in [-0.15, -0.1) is 11.3 Å². The van der Waals surface area contributed by atoms with Crippen molar-refractivity contribution in [3.05, 3.63) is 16.6 Å². The summed E-state index contributed by atoms with van der Waals surface area (Å²) in [6, 6.07) is -0.379. The highest BCUT2D eigenvalue weighted by Crippen LogP contribution is 2.09. The average molecular weight is 212 g/mol. The zero-order chi connectivity index (χ0) is 10.6. The van der Waals surface area contributed by atoms with Crippen molar-refractivity contribution in [3.63, 3.8) is 0 Å². The van der Waals surface area contributed by atoms with Gasteiger partial charge < -0.3 is 4.90 Å². The first-order valence-corrected chi connectivity index (χ1v) is 5.27. The number of hydrogen-bond acceptors (Lipinski definition) is 3. The Bertz CT molecular complexity index is 284. The van der Waals surface area contributed by atoms with Gasteiger partial charge in [-0.25, -0.2) is 4.98 Å². The van der Waals surface area contributed by atoms with Crippen molar-refractivity contribution in [2.45, 2.75) is 18.9 Å². The van der Waals surface area contributed by atoms with Crippen LogP contribution in [0.3, 0.4) is 0 Å². The topological polar surface area (TPSA) is 57.0 Å². The molecule has 14 heavy (non-hydrogen) atoms. The summed E-state index contributed by atoms with van der Waals surface area (Å²) in [5.41, 5.74) is 7.69. The van der Waals surface area contributed by atoms with Gasteiger partial charge in [-0.2, -0.15) is 0 Å². The van der Waals surface area contributed by atoms with Crippen LogP contribution >= 0.6 is 11.3 Å². The molecule has 0 spiro atoms. The number of rotatable bonds is 4. The van der Waals surface area contributed by atoms with E-state index in [0.29, 0.717) is 6.42 Å². The van der Waals surface area contributed by atoms with Gasteiger partial charge in [-0.1, -0.05) is 0 Å². The van der Waals surface area contributed by atoms with Crippen molar-refractivity contribution in [1.82, 2.24) is 15.6 Å². The van der Waals surface area contributed by atoms with Gasteiger partial charge in [0.2, 0.25) is 5.91 Å². The fraction of sp³-hybridized carbons (Fsp3) is 0.556. The first-order chi connectivity index (χ1) is 6.59. The summed E-state index contributed by atoms with van der Waals surface area (Å²) in [4.78, 5) is 16.9. The van der Waals surface area contributed by atoms with E-state index < -0.39 is 0 Å². The number of hydrogen-bond donors (Lipinski definition) is 0. The molecule has 0 aromatic carbocycles. The maximum absolute atomic E-state index is 11.3. The van der Waals surface area contributed by atoms with E-state index in [1.54, 1.807) is 20.3 Å². The van der Waals surface area contributed by atoms with Gasteiger partial charge in [-0.05, 0) is 0 Å². The number of carbonyl (C=O) groups excluding carboxylic acids is 1. The van der Waals surface area contributed by atoms with Gasteiger partial charge in [-0.3, -0.25) is 10.5 Å². The van der Waals surface area contributed by atoms with Crippen LogP contribution in [0.1, 0.15) is 11.4 Å². The summed E-state index contributed by atoms with van der Waals surface area (Å²) in [5.74, 6) is 0.00144. The second-order valence-corrected chi connectivity index (χ2v) is 4.30. The van der Waals surface area contributed by atoms with Gasteiger partial charge in [0.15, 0.2) is 0 Å². The van der Waals surface area contributed by atoms with Crippen LogP contribution in [-0.2, 0) is 11.2 Å². The maximum Gasteiger partial charge on any atom is 0.223 e. The van der Waals surface area contributed by atoms with Crippen molar-refractivity contribution in [1.29, 1.82) is 0 Å². The Labute approximate surface area is 87.7 Å². The number of carbonyl (C=O) groups is 1. The molecule has 1 aromatic rings. The van der Waals surface area contributed by atoms with Crippen molar-refractivity contribution in [3.8, 4) is 0 Å². The summed E-state index contributed by atoms with van der Waals surface area (Å²) in [5, 5.41) is 2.81. The molecule has 1 atom stereocenters. The van der Waals surface area contributed by atoms with E-state index in [2.05, 4.69) is 4.98 Å². The third kappa shape index (κ3) is 3.43. The predicted octanol–water partition coefficient (Wildman–Crippen LogP) is 0.815. The second-order valence-electron chi connectivity index (χ2n) is 3.32. The highest BCUT2D eigenvalue weighted by Gasteiger charge is 2.13. The molecular formula is C9H14N3OS. The lowest BCUT2D eigenvalue weighted by Crippen LogP contribution is -2.28. The van der Waals surface area contributed by atoms with Crippen LogP contribution in [0.5, 0.6) is 0 Å². The minimum atomic E-state index is -0.379. The molecule has 77 valence electrons. The average Bonchev–Trinajstić information content (AvgIpc) is 2.56. The third-order valence-corrected chi connectivity index (χ3v) is 2.63. The third-order valence-electron chi connectivity index (χ3n) is 1.82. The van der Waals surface area contributed by atoms with Crippen molar-refractivity contribution in [2.75, 3.05) is 14.1 Å². The SMILES string of the molecule is CN(C)C(=O)C[C@@H]([NH])Cc1nccs1. The van der Waals surface area contributed by atoms with Gasteiger partial charge in [0, 0.05) is 44.6 Å². The van der Waals surface area contributed by atoms with E-state index in [1.807, 2.05) is 5.38 Å². The summed E-state index contributed by atoms with van der Waals surface area (Å²) in [6.07, 6.45) is 2.56. The first-order valence-electron chi connectivity index (χ1n) is 4.39. The molecule has 1 amide bonds. The molecule has 0 fully saturated rings. The fourth-order valence-corrected chi connectivity index (χ4v) is 1.73. The highest BCUT2D eigenvalue weighted by atomic mass is 32.1. The molecule has 0 unspecified atom stereocenters. The molecule has 1 rings (SSSR count). The fourth-order valence-electron chi connectivity index (χ4n) is 1.03. The van der Waals surface area contributed by atoms with E-state index in [0.717, 1.165) is 5.01 Å². The van der Waals surface area contributed by atoms with Crippen molar-refractivity contribution >= 4 is 17.2 Å². The van der Waals surface area contributed by atoms with E-state index in [-0.39, 0.29) is 18.4 Å². The smallest absolute Gasteiger partial charge is 0.223 e. The number of nitrogens with zero attached hydrogens (tertiary/aromatic N) is 2. The van der Waals surface area contributed by atoms with Gasteiger partial charge in [0.05, 0.1) is 5.01 Å². The van der Waals surface area contributed by atoms with Crippen LogP contribution in [0.15, 0.2) is 11.6 Å². The van der Waals surface area contributed by atoms with Crippen LogP contribution in [0.4, 0.5) is 0 Å². The lowest BCUT2D eigenvalue weighted by molar-refractivity contribution is -0.129. The number of amides is 1. The van der Waals surface area contributed by atoms with Crippen molar-refractivity contribution in [2.24, 2.45) is 0 Å². The zero-order valence-electron chi connectivity index (χ0n) is 8.36. The molecule has 1 radical (unpaired) electrons. The minimum absolute atomic E-state index is 0.00144. The molecule has 0 aliphatic heterocycles. The van der Waals surface area contributed by atoms with Gasteiger partial charge in [0.1, 0.15) is 0 Å². The Morgan fingerprint density at radius 2 is 2.43 bits per heavy atom. The van der Waals surface area contributed by atoms with E-state index in [9.17, 15) is 4.79 Å². The molecule has 1 heterocycles. The van der Waals surface area contributed by atoms with Gasteiger partial charge >= 0.3 is 0 Å². The normalized spacial score (nSPS) is 12.5. The highest BCUT2D eigenvalue weighted by molar-refractivity contribution is 7.09. The molecule has 0 saturated carbocycles. The monoisotopic (exact) mass is 212 g/mol. The minimum Gasteiger partial charge on any atom is -0.349 e. The largest absolute Gasteiger partial charge is 0.349 e. The molecule has 1 N–H and O–H groups in total. The molecule has 5 heteroatoms. The zero-order valence-corrected chi connectivity index (χ0v) is 9.17. The van der Waals surface area contributed by atoms with E-state index in [4.69, 9.17) is 5.73 Å². The van der Waals surface area contributed by atoms with Crippen LogP contribution in [-0.4, -0.2) is 35.9 Å². The van der Waals surface area contributed by atoms with Crippen molar-refractivity contribution < 1.29 is 4.79 Å². The first kappa shape index (κ1) is 11.1. The Morgan fingerprint density at radius 3 is 2.93 bits per heavy atom. The molecular weight excluding hydrogens is 198 g/mol. The molecule has 0 saturated heterocycles. The van der Waals surface area contributed by atoms with E-state index in [1.165, 1.54) is 16.2 Å². The Hall–Kier alpha value is -0.940. The molecule has 0 bridgehead atoms. The maximum atomic E-state index is 11.3. The predicted molar refractivity (Wildman–Crippen MR) is 56.0 cm³/mol. The Kier molecular flexibility index (Phi) is 4.03. The van der Waals surface area contributed by atoms with Crippen LogP contribution in [0.2, 0.25) is 0 Å². The Morgan fingerprint density at radius 1 is 1.71 bits per heavy atom. The van der Waals surface area contributed by atoms with Crippen LogP contribution in [0.25, 0.3) is 0 Å². The summed E-state index contributed by atoms with van der Waals surface area (Å²) >= 11 is 1.53.